The predicted octanol–water partition coefficient (Wildman–Crippen LogP) is 4.42. The van der Waals surface area contributed by atoms with Crippen molar-refractivity contribution in [2.24, 2.45) is 0 Å². The number of benzene rings is 2. The fraction of sp³-hybridized carbons (Fsp3) is 0.105. The zero-order chi connectivity index (χ0) is 16.9. The summed E-state index contributed by atoms with van der Waals surface area (Å²) in [6.45, 7) is 1.25. The van der Waals surface area contributed by atoms with Crippen LogP contribution in [0.15, 0.2) is 60.8 Å². The van der Waals surface area contributed by atoms with E-state index in [1.807, 2.05) is 36.5 Å². The normalized spacial score (nSPS) is 13.2. The Bertz CT molecular complexity index is 790. The first-order valence-corrected chi connectivity index (χ1v) is 8.32. The molecule has 0 aromatic heterocycles. The van der Waals surface area contributed by atoms with E-state index >= 15 is 0 Å². The number of hydrogen-bond donors (Lipinski definition) is 2. The maximum Gasteiger partial charge on any atom is 0.254 e. The topological polar surface area (TPSA) is 41.1 Å². The molecule has 0 fully saturated rings. The first-order chi connectivity index (χ1) is 11.6. The Morgan fingerprint density at radius 2 is 1.79 bits per heavy atom. The van der Waals surface area contributed by atoms with Crippen LogP contribution < -0.4 is 10.6 Å². The third-order valence-corrected chi connectivity index (χ3v) is 4.38. The van der Waals surface area contributed by atoms with E-state index in [-0.39, 0.29) is 5.91 Å². The van der Waals surface area contributed by atoms with Gasteiger partial charge in [-0.2, -0.15) is 0 Å². The molecule has 2 aromatic carbocycles. The van der Waals surface area contributed by atoms with E-state index in [2.05, 4.69) is 16.7 Å². The fourth-order valence-electron chi connectivity index (χ4n) is 2.47. The van der Waals surface area contributed by atoms with Gasteiger partial charge in [0, 0.05) is 13.1 Å². The maximum atomic E-state index is 12.3. The third kappa shape index (κ3) is 3.81. The minimum atomic E-state index is -0.279. The Hall–Kier alpha value is -2.23. The summed E-state index contributed by atoms with van der Waals surface area (Å²) < 4.78 is 0. The van der Waals surface area contributed by atoms with Gasteiger partial charge in [-0.15, -0.1) is 0 Å². The summed E-state index contributed by atoms with van der Waals surface area (Å²) >= 11 is 12.1. The molecular formula is C19H16Cl2N2O. The van der Waals surface area contributed by atoms with Gasteiger partial charge in [-0.1, -0.05) is 59.6 Å². The van der Waals surface area contributed by atoms with E-state index in [4.69, 9.17) is 23.2 Å². The smallest absolute Gasteiger partial charge is 0.254 e. The van der Waals surface area contributed by atoms with Gasteiger partial charge in [0.15, 0.2) is 0 Å². The fourth-order valence-corrected chi connectivity index (χ4v) is 3.04. The number of nitrogens with one attached hydrogen (secondary N) is 2. The summed E-state index contributed by atoms with van der Waals surface area (Å²) in [5.74, 6) is -0.279. The molecule has 0 bridgehead atoms. The van der Waals surface area contributed by atoms with Crippen LogP contribution in [0, 0.1) is 0 Å². The third-order valence-electron chi connectivity index (χ3n) is 3.75. The predicted molar refractivity (Wildman–Crippen MR) is 99.2 cm³/mol. The second-order valence-electron chi connectivity index (χ2n) is 5.38. The first-order valence-electron chi connectivity index (χ1n) is 7.57. The molecule has 24 heavy (non-hydrogen) atoms. The Balaban J connectivity index is 1.66. The summed E-state index contributed by atoms with van der Waals surface area (Å²) in [7, 11) is 0. The van der Waals surface area contributed by atoms with Crippen LogP contribution in [0.25, 0.3) is 5.57 Å². The van der Waals surface area contributed by atoms with Crippen molar-refractivity contribution in [1.82, 2.24) is 10.6 Å². The highest BCUT2D eigenvalue weighted by Gasteiger charge is 2.14. The van der Waals surface area contributed by atoms with Crippen LogP contribution in [0.3, 0.4) is 0 Å². The van der Waals surface area contributed by atoms with Gasteiger partial charge in [-0.3, -0.25) is 4.79 Å². The van der Waals surface area contributed by atoms with Gasteiger partial charge in [0.2, 0.25) is 0 Å². The second kappa shape index (κ2) is 7.56. The highest BCUT2D eigenvalue weighted by molar-refractivity contribution is 6.39. The molecule has 0 saturated carbocycles. The number of carbonyl (C=O) groups excluding carboxylic acids is 1. The minimum absolute atomic E-state index is 0.279. The van der Waals surface area contributed by atoms with Gasteiger partial charge in [0.05, 0.1) is 15.6 Å². The quantitative estimate of drug-likeness (QED) is 0.848. The molecule has 0 unspecified atom stereocenters. The summed E-state index contributed by atoms with van der Waals surface area (Å²) in [6.07, 6.45) is 6.12. The van der Waals surface area contributed by atoms with Gasteiger partial charge in [0.25, 0.3) is 5.91 Å². The maximum absolute atomic E-state index is 12.3. The van der Waals surface area contributed by atoms with Crippen molar-refractivity contribution >= 4 is 34.7 Å². The van der Waals surface area contributed by atoms with Crippen molar-refractivity contribution in [1.29, 1.82) is 0 Å². The number of amides is 1. The summed E-state index contributed by atoms with van der Waals surface area (Å²) in [4.78, 5) is 12.3. The first kappa shape index (κ1) is 16.6. The van der Waals surface area contributed by atoms with Gasteiger partial charge in [-0.25, -0.2) is 0 Å². The standard InChI is InChI=1S/C19H16Cl2N2O/c20-16-2-1-3-17(21)18(16)19(24)23-12-13-4-6-14(7-5-13)15-8-10-22-11-9-15/h1-10,22H,11-12H2,(H,23,24). The molecule has 0 atom stereocenters. The van der Waals surface area contributed by atoms with Crippen molar-refractivity contribution in [2.45, 2.75) is 6.54 Å². The van der Waals surface area contributed by atoms with E-state index in [0.29, 0.717) is 22.2 Å². The monoisotopic (exact) mass is 358 g/mol. The lowest BCUT2D eigenvalue weighted by molar-refractivity contribution is 0.0951. The van der Waals surface area contributed by atoms with Crippen LogP contribution in [-0.2, 0) is 6.54 Å². The Morgan fingerprint density at radius 1 is 1.08 bits per heavy atom. The lowest BCUT2D eigenvalue weighted by Gasteiger charge is -2.11. The van der Waals surface area contributed by atoms with Gasteiger partial charge >= 0.3 is 0 Å². The number of hydrogen-bond acceptors (Lipinski definition) is 2. The average molecular weight is 359 g/mol. The molecular weight excluding hydrogens is 343 g/mol. The minimum Gasteiger partial charge on any atom is -0.387 e. The highest BCUT2D eigenvalue weighted by Crippen LogP contribution is 2.24. The molecule has 0 saturated heterocycles. The van der Waals surface area contributed by atoms with Crippen molar-refractivity contribution in [2.75, 3.05) is 6.54 Å². The lowest BCUT2D eigenvalue weighted by atomic mass is 10.0. The van der Waals surface area contributed by atoms with E-state index < -0.39 is 0 Å². The molecule has 3 nitrogen and oxygen atoms in total. The van der Waals surface area contributed by atoms with Crippen LogP contribution in [0.2, 0.25) is 10.0 Å². The van der Waals surface area contributed by atoms with Crippen LogP contribution in [0.5, 0.6) is 0 Å². The van der Waals surface area contributed by atoms with Crippen LogP contribution >= 0.6 is 23.2 Å². The van der Waals surface area contributed by atoms with Gasteiger partial charge < -0.3 is 10.6 Å². The number of rotatable bonds is 4. The Kier molecular flexibility index (Phi) is 5.24. The van der Waals surface area contributed by atoms with Gasteiger partial charge in [-0.05, 0) is 41.1 Å². The molecule has 0 aliphatic carbocycles. The largest absolute Gasteiger partial charge is 0.387 e. The Morgan fingerprint density at radius 3 is 2.42 bits per heavy atom. The number of dihydropyridines is 1. The van der Waals surface area contributed by atoms with E-state index in [1.165, 1.54) is 5.57 Å². The molecule has 5 heteroatoms. The highest BCUT2D eigenvalue weighted by atomic mass is 35.5. The summed E-state index contributed by atoms with van der Waals surface area (Å²) in [5.41, 5.74) is 3.65. The lowest BCUT2D eigenvalue weighted by Crippen LogP contribution is -2.23. The second-order valence-corrected chi connectivity index (χ2v) is 6.19. The summed E-state index contributed by atoms with van der Waals surface area (Å²) in [5, 5.41) is 6.67. The molecule has 0 radical (unpaired) electrons. The van der Waals surface area contributed by atoms with Crippen LogP contribution in [-0.4, -0.2) is 12.5 Å². The van der Waals surface area contributed by atoms with Crippen LogP contribution in [0.1, 0.15) is 21.5 Å². The SMILES string of the molecule is O=C(NCc1ccc(C2=CCNC=C2)cc1)c1c(Cl)cccc1Cl. The van der Waals surface area contributed by atoms with Crippen molar-refractivity contribution < 1.29 is 4.79 Å². The summed E-state index contributed by atoms with van der Waals surface area (Å²) in [6, 6.07) is 13.1. The molecule has 1 heterocycles. The van der Waals surface area contributed by atoms with Crippen LogP contribution in [0.4, 0.5) is 0 Å². The van der Waals surface area contributed by atoms with Crippen molar-refractivity contribution in [3.05, 3.63) is 87.6 Å². The average Bonchev–Trinajstić information content (AvgIpc) is 2.61. The number of carbonyl (C=O) groups is 1. The molecule has 3 rings (SSSR count). The number of halogens is 2. The van der Waals surface area contributed by atoms with E-state index in [9.17, 15) is 4.79 Å². The number of allylic oxidation sites excluding steroid dienone is 2. The molecule has 122 valence electrons. The molecule has 0 spiro atoms. The van der Waals surface area contributed by atoms with Crippen molar-refractivity contribution in [3.8, 4) is 0 Å². The molecule has 2 N–H and O–H groups in total. The van der Waals surface area contributed by atoms with E-state index in [1.54, 1.807) is 18.2 Å². The zero-order valence-electron chi connectivity index (χ0n) is 12.9. The molecule has 1 amide bonds. The van der Waals surface area contributed by atoms with Gasteiger partial charge in [0.1, 0.15) is 0 Å². The molecule has 1 aliphatic rings. The van der Waals surface area contributed by atoms with E-state index in [0.717, 1.165) is 17.7 Å². The molecule has 1 aliphatic heterocycles. The Labute approximate surface area is 151 Å². The zero-order valence-corrected chi connectivity index (χ0v) is 14.4. The molecule has 2 aromatic rings. The van der Waals surface area contributed by atoms with Crippen molar-refractivity contribution in [3.63, 3.8) is 0 Å².